The number of thiophene rings is 1. The van der Waals surface area contributed by atoms with Crippen molar-refractivity contribution in [3.8, 4) is 5.69 Å². The fourth-order valence-electron chi connectivity index (χ4n) is 3.22. The Labute approximate surface area is 171 Å². The van der Waals surface area contributed by atoms with Gasteiger partial charge >= 0.3 is 0 Å². The van der Waals surface area contributed by atoms with E-state index in [0.29, 0.717) is 20.7 Å². The lowest BCUT2D eigenvalue weighted by Crippen LogP contribution is -2.29. The maximum absolute atomic E-state index is 13.2. The molecule has 0 saturated carbocycles. The minimum Gasteiger partial charge on any atom is -0.334 e. The minimum absolute atomic E-state index is 0.125. The van der Waals surface area contributed by atoms with Crippen molar-refractivity contribution in [3.63, 3.8) is 0 Å². The zero-order valence-corrected chi connectivity index (χ0v) is 17.3. The molecule has 0 N–H and O–H groups in total. The lowest BCUT2D eigenvalue weighted by Gasteiger charge is -2.25. The van der Waals surface area contributed by atoms with Gasteiger partial charge in [-0.15, -0.1) is 11.3 Å². The summed E-state index contributed by atoms with van der Waals surface area (Å²) < 4.78 is 3.11. The fraction of sp³-hybridized carbons (Fsp3) is 0.250. The number of hydrogen-bond acceptors (Lipinski definition) is 6. The predicted octanol–water partition coefficient (Wildman–Crippen LogP) is 2.72. The van der Waals surface area contributed by atoms with Gasteiger partial charge in [0.2, 0.25) is 0 Å². The SMILES string of the molecule is Cc1c(C(=O)N(C)C(C)c2ccc(-n3cncn3)cc2)sc2ncn(C)c(=O)c12. The van der Waals surface area contributed by atoms with Gasteiger partial charge in [-0.2, -0.15) is 5.10 Å². The van der Waals surface area contributed by atoms with E-state index < -0.39 is 0 Å². The summed E-state index contributed by atoms with van der Waals surface area (Å²) >= 11 is 1.26. The number of amides is 1. The Hall–Kier alpha value is -3.33. The summed E-state index contributed by atoms with van der Waals surface area (Å²) in [5.74, 6) is -0.125. The molecule has 0 aliphatic rings. The van der Waals surface area contributed by atoms with Gasteiger partial charge < -0.3 is 9.47 Å². The molecule has 1 aromatic carbocycles. The van der Waals surface area contributed by atoms with Gasteiger partial charge in [-0.3, -0.25) is 9.59 Å². The van der Waals surface area contributed by atoms with Crippen molar-refractivity contribution in [1.82, 2.24) is 29.2 Å². The van der Waals surface area contributed by atoms with Crippen LogP contribution in [0.4, 0.5) is 0 Å². The number of rotatable bonds is 4. The topological polar surface area (TPSA) is 85.9 Å². The molecule has 0 saturated heterocycles. The van der Waals surface area contributed by atoms with Crippen molar-refractivity contribution >= 4 is 27.5 Å². The van der Waals surface area contributed by atoms with Crippen LogP contribution in [0.1, 0.15) is 33.8 Å². The van der Waals surface area contributed by atoms with Crippen LogP contribution in [0, 0.1) is 6.92 Å². The average molecular weight is 408 g/mol. The summed E-state index contributed by atoms with van der Waals surface area (Å²) in [7, 11) is 3.43. The molecular weight excluding hydrogens is 388 g/mol. The number of aryl methyl sites for hydroxylation is 2. The van der Waals surface area contributed by atoms with Crippen LogP contribution in [0.15, 0.2) is 48.0 Å². The largest absolute Gasteiger partial charge is 0.334 e. The maximum Gasteiger partial charge on any atom is 0.264 e. The standard InChI is InChI=1S/C20H20N6O2S/c1-12-16-18(22-11-24(3)19(16)27)29-17(12)20(28)25(4)13(2)14-5-7-15(8-6-14)26-10-21-9-23-26/h5-11,13H,1-4H3. The number of nitrogens with zero attached hydrogens (tertiary/aromatic N) is 6. The van der Waals surface area contributed by atoms with Crippen LogP contribution in [0.3, 0.4) is 0 Å². The normalized spacial score (nSPS) is 12.3. The highest BCUT2D eigenvalue weighted by molar-refractivity contribution is 7.20. The molecular formula is C20H20N6O2S. The summed E-state index contributed by atoms with van der Waals surface area (Å²) in [5, 5.41) is 4.63. The first-order valence-electron chi connectivity index (χ1n) is 9.05. The monoisotopic (exact) mass is 408 g/mol. The molecule has 3 heterocycles. The van der Waals surface area contributed by atoms with Crippen molar-refractivity contribution in [1.29, 1.82) is 0 Å². The van der Waals surface area contributed by atoms with E-state index in [9.17, 15) is 9.59 Å². The van der Waals surface area contributed by atoms with Gasteiger partial charge in [-0.25, -0.2) is 14.6 Å². The third kappa shape index (κ3) is 3.23. The Kier molecular flexibility index (Phi) is 4.75. The quantitative estimate of drug-likeness (QED) is 0.518. The van der Waals surface area contributed by atoms with Crippen molar-refractivity contribution in [2.45, 2.75) is 19.9 Å². The zero-order chi connectivity index (χ0) is 20.7. The summed E-state index contributed by atoms with van der Waals surface area (Å²) in [6.45, 7) is 3.78. The lowest BCUT2D eigenvalue weighted by molar-refractivity contribution is 0.0747. The van der Waals surface area contributed by atoms with E-state index in [4.69, 9.17) is 0 Å². The number of aromatic nitrogens is 5. The van der Waals surface area contributed by atoms with E-state index in [1.165, 1.54) is 28.6 Å². The summed E-state index contributed by atoms with van der Waals surface area (Å²) in [5.41, 5.74) is 2.44. The van der Waals surface area contributed by atoms with Crippen LogP contribution in [0.25, 0.3) is 15.9 Å². The molecule has 4 aromatic rings. The molecule has 0 aliphatic heterocycles. The summed E-state index contributed by atoms with van der Waals surface area (Å²) in [6.07, 6.45) is 4.60. The smallest absolute Gasteiger partial charge is 0.264 e. The molecule has 0 aliphatic carbocycles. The van der Waals surface area contributed by atoms with Crippen LogP contribution < -0.4 is 5.56 Å². The first-order chi connectivity index (χ1) is 13.9. The van der Waals surface area contributed by atoms with E-state index in [0.717, 1.165) is 11.3 Å². The van der Waals surface area contributed by atoms with Gasteiger partial charge in [-0.1, -0.05) is 12.1 Å². The number of carbonyl (C=O) groups excluding carboxylic acids is 1. The maximum atomic E-state index is 13.2. The Morgan fingerprint density at radius 1 is 1.21 bits per heavy atom. The number of benzene rings is 1. The first-order valence-corrected chi connectivity index (χ1v) is 9.87. The second-order valence-corrected chi connectivity index (χ2v) is 7.92. The van der Waals surface area contributed by atoms with Crippen molar-refractivity contribution in [2.24, 2.45) is 7.05 Å². The summed E-state index contributed by atoms with van der Waals surface area (Å²) in [6, 6.07) is 7.68. The average Bonchev–Trinajstić information content (AvgIpc) is 3.38. The summed E-state index contributed by atoms with van der Waals surface area (Å²) in [4.78, 5) is 36.7. The molecule has 0 spiro atoms. The Balaban J connectivity index is 1.62. The third-order valence-electron chi connectivity index (χ3n) is 5.16. The van der Waals surface area contributed by atoms with Gasteiger partial charge in [0.05, 0.1) is 28.3 Å². The first kappa shape index (κ1) is 19.0. The van der Waals surface area contributed by atoms with Gasteiger partial charge in [0.15, 0.2) is 0 Å². The molecule has 0 fully saturated rings. The molecule has 1 atom stereocenters. The van der Waals surface area contributed by atoms with E-state index in [1.807, 2.05) is 31.2 Å². The molecule has 1 amide bonds. The van der Waals surface area contributed by atoms with Crippen LogP contribution >= 0.6 is 11.3 Å². The minimum atomic E-state index is -0.146. The van der Waals surface area contributed by atoms with Gasteiger partial charge in [0.1, 0.15) is 17.5 Å². The van der Waals surface area contributed by atoms with Gasteiger partial charge in [0.25, 0.3) is 11.5 Å². The molecule has 0 bridgehead atoms. The van der Waals surface area contributed by atoms with E-state index >= 15 is 0 Å². The molecule has 148 valence electrons. The second-order valence-electron chi connectivity index (χ2n) is 6.92. The number of fused-ring (bicyclic) bond motifs is 1. The Morgan fingerprint density at radius 3 is 2.59 bits per heavy atom. The van der Waals surface area contributed by atoms with Crippen molar-refractivity contribution in [3.05, 3.63) is 69.6 Å². The highest BCUT2D eigenvalue weighted by Gasteiger charge is 2.25. The van der Waals surface area contributed by atoms with Crippen LogP contribution in [-0.4, -0.2) is 42.2 Å². The number of hydrogen-bond donors (Lipinski definition) is 0. The molecule has 4 rings (SSSR count). The second kappa shape index (κ2) is 7.25. The van der Waals surface area contributed by atoms with Crippen LogP contribution in [0.2, 0.25) is 0 Å². The molecule has 1 unspecified atom stereocenters. The zero-order valence-electron chi connectivity index (χ0n) is 16.5. The van der Waals surface area contributed by atoms with E-state index in [-0.39, 0.29) is 17.5 Å². The highest BCUT2D eigenvalue weighted by Crippen LogP contribution is 2.30. The van der Waals surface area contributed by atoms with Crippen LogP contribution in [-0.2, 0) is 7.05 Å². The van der Waals surface area contributed by atoms with E-state index in [2.05, 4.69) is 15.1 Å². The highest BCUT2D eigenvalue weighted by atomic mass is 32.1. The Morgan fingerprint density at radius 2 is 1.93 bits per heavy atom. The van der Waals surface area contributed by atoms with Gasteiger partial charge in [0, 0.05) is 14.1 Å². The van der Waals surface area contributed by atoms with Crippen molar-refractivity contribution < 1.29 is 4.79 Å². The molecule has 0 radical (unpaired) electrons. The predicted molar refractivity (Wildman–Crippen MR) is 111 cm³/mol. The molecule has 8 nitrogen and oxygen atoms in total. The van der Waals surface area contributed by atoms with E-state index in [1.54, 1.807) is 36.9 Å². The fourth-order valence-corrected chi connectivity index (χ4v) is 4.34. The molecule has 9 heteroatoms. The molecule has 29 heavy (non-hydrogen) atoms. The van der Waals surface area contributed by atoms with Crippen LogP contribution in [0.5, 0.6) is 0 Å². The third-order valence-corrected chi connectivity index (χ3v) is 6.35. The van der Waals surface area contributed by atoms with Crippen molar-refractivity contribution in [2.75, 3.05) is 7.05 Å². The lowest BCUT2D eigenvalue weighted by atomic mass is 10.1. The number of carbonyl (C=O) groups is 1. The molecule has 3 aromatic heterocycles. The van der Waals surface area contributed by atoms with Gasteiger partial charge in [-0.05, 0) is 37.1 Å². The Bertz CT molecular complexity index is 1240.